The first-order valence-corrected chi connectivity index (χ1v) is 7.45. The maximum Gasteiger partial charge on any atom is 0.231 e. The van der Waals surface area contributed by atoms with Gasteiger partial charge in [0.05, 0.1) is 9.85 Å². The Bertz CT molecular complexity index is 441. The van der Waals surface area contributed by atoms with Crippen molar-refractivity contribution in [1.82, 2.24) is 5.32 Å². The van der Waals surface area contributed by atoms with Crippen LogP contribution in [-0.4, -0.2) is 18.6 Å². The fourth-order valence-corrected chi connectivity index (χ4v) is 3.90. The molecule has 1 N–H and O–H groups in total. The van der Waals surface area contributed by atoms with Gasteiger partial charge < -0.3 is 14.8 Å². The first-order chi connectivity index (χ1) is 8.24. The van der Waals surface area contributed by atoms with Gasteiger partial charge in [-0.1, -0.05) is 6.92 Å². The van der Waals surface area contributed by atoms with E-state index in [1.807, 2.05) is 11.8 Å². The van der Waals surface area contributed by atoms with Crippen LogP contribution >= 0.6 is 27.7 Å². The first kappa shape index (κ1) is 11.7. The average Bonchev–Trinajstić information content (AvgIpc) is 2.77. The van der Waals surface area contributed by atoms with Gasteiger partial charge in [-0.2, -0.15) is 0 Å². The zero-order valence-corrected chi connectivity index (χ0v) is 11.9. The van der Waals surface area contributed by atoms with E-state index in [1.165, 1.54) is 12.0 Å². The van der Waals surface area contributed by atoms with Crippen LogP contribution in [0.25, 0.3) is 0 Å². The average molecular weight is 316 g/mol. The number of halogens is 1. The van der Waals surface area contributed by atoms with Crippen molar-refractivity contribution in [2.24, 2.45) is 0 Å². The summed E-state index contributed by atoms with van der Waals surface area (Å²) in [5.74, 6) is 1.66. The minimum absolute atomic E-state index is 0.318. The number of fused-ring (bicyclic) bond motifs is 1. The summed E-state index contributed by atoms with van der Waals surface area (Å²) in [7, 11) is 0. The third kappa shape index (κ3) is 2.28. The molecule has 17 heavy (non-hydrogen) atoms. The molecule has 0 aromatic heterocycles. The number of hydrogen-bond acceptors (Lipinski definition) is 4. The summed E-state index contributed by atoms with van der Waals surface area (Å²) in [5.41, 5.74) is 1.25. The van der Waals surface area contributed by atoms with Crippen LogP contribution in [0.1, 0.15) is 24.3 Å². The molecule has 0 bridgehead atoms. The molecule has 2 atom stereocenters. The molecule has 3 rings (SSSR count). The molecule has 0 radical (unpaired) electrons. The van der Waals surface area contributed by atoms with Gasteiger partial charge in [0.15, 0.2) is 11.5 Å². The van der Waals surface area contributed by atoms with Crippen molar-refractivity contribution in [3.8, 4) is 11.5 Å². The van der Waals surface area contributed by atoms with Crippen LogP contribution in [0.4, 0.5) is 0 Å². The predicted octanol–water partition coefficient (Wildman–Crippen LogP) is 3.29. The van der Waals surface area contributed by atoms with E-state index in [0.717, 1.165) is 22.5 Å². The largest absolute Gasteiger partial charge is 0.454 e. The second-order valence-corrected chi connectivity index (χ2v) is 6.71. The van der Waals surface area contributed by atoms with Gasteiger partial charge >= 0.3 is 0 Å². The van der Waals surface area contributed by atoms with E-state index in [4.69, 9.17) is 9.47 Å². The van der Waals surface area contributed by atoms with Crippen LogP contribution in [0.5, 0.6) is 11.5 Å². The van der Waals surface area contributed by atoms with E-state index < -0.39 is 0 Å². The Balaban J connectivity index is 1.90. The summed E-state index contributed by atoms with van der Waals surface area (Å²) in [6, 6.07) is 4.20. The van der Waals surface area contributed by atoms with Crippen molar-refractivity contribution >= 4 is 27.7 Å². The number of thioether (sulfide) groups is 1. The Morgan fingerprint density at radius 3 is 3.12 bits per heavy atom. The summed E-state index contributed by atoms with van der Waals surface area (Å²) in [4.78, 5) is 0. The van der Waals surface area contributed by atoms with Crippen LogP contribution in [0, 0.1) is 0 Å². The molecule has 2 unspecified atom stereocenters. The molecule has 92 valence electrons. The lowest BCUT2D eigenvalue weighted by Gasteiger charge is -2.28. The van der Waals surface area contributed by atoms with Crippen LogP contribution in [0.3, 0.4) is 0 Å². The highest BCUT2D eigenvalue weighted by molar-refractivity contribution is 9.10. The summed E-state index contributed by atoms with van der Waals surface area (Å²) in [6.45, 7) is 3.67. The van der Waals surface area contributed by atoms with E-state index >= 15 is 0 Å². The summed E-state index contributed by atoms with van der Waals surface area (Å²) in [6.07, 6.45) is 1.23. The SMILES string of the molecule is CC1CCNC(c2cc(Br)c3c(c2)OCO3)S1. The van der Waals surface area contributed by atoms with Crippen molar-refractivity contribution in [3.63, 3.8) is 0 Å². The van der Waals surface area contributed by atoms with E-state index in [-0.39, 0.29) is 0 Å². The quantitative estimate of drug-likeness (QED) is 0.861. The Morgan fingerprint density at radius 1 is 1.41 bits per heavy atom. The van der Waals surface area contributed by atoms with Crippen LogP contribution < -0.4 is 14.8 Å². The number of nitrogens with one attached hydrogen (secondary N) is 1. The number of rotatable bonds is 1. The fourth-order valence-electron chi connectivity index (χ4n) is 2.10. The Kier molecular flexibility index (Phi) is 3.23. The highest BCUT2D eigenvalue weighted by atomic mass is 79.9. The van der Waals surface area contributed by atoms with Gasteiger partial charge in [0.25, 0.3) is 0 Å². The van der Waals surface area contributed by atoms with Gasteiger partial charge in [0.2, 0.25) is 6.79 Å². The molecule has 0 aliphatic carbocycles. The maximum absolute atomic E-state index is 5.45. The molecule has 2 aliphatic heterocycles. The third-order valence-corrected chi connectivity index (χ3v) is 5.00. The monoisotopic (exact) mass is 315 g/mol. The zero-order chi connectivity index (χ0) is 11.8. The molecule has 1 saturated heterocycles. The smallest absolute Gasteiger partial charge is 0.231 e. The predicted molar refractivity (Wildman–Crippen MR) is 72.7 cm³/mol. The van der Waals surface area contributed by atoms with Gasteiger partial charge in [-0.15, -0.1) is 11.8 Å². The molecular formula is C12H14BrNO2S. The molecule has 2 heterocycles. The molecule has 3 nitrogen and oxygen atoms in total. The minimum atomic E-state index is 0.318. The Labute approximate surface area is 113 Å². The van der Waals surface area contributed by atoms with Gasteiger partial charge in [0.1, 0.15) is 0 Å². The Hall–Kier alpha value is -0.390. The molecule has 1 fully saturated rings. The third-order valence-electron chi connectivity index (χ3n) is 3.00. The zero-order valence-electron chi connectivity index (χ0n) is 9.53. The first-order valence-electron chi connectivity index (χ1n) is 5.72. The van der Waals surface area contributed by atoms with Crippen LogP contribution in [0.15, 0.2) is 16.6 Å². The maximum atomic E-state index is 5.45. The van der Waals surface area contributed by atoms with E-state index in [2.05, 4.69) is 40.3 Å². The van der Waals surface area contributed by atoms with Crippen LogP contribution in [-0.2, 0) is 0 Å². The summed E-state index contributed by atoms with van der Waals surface area (Å²) in [5, 5.41) is 4.58. The summed E-state index contributed by atoms with van der Waals surface area (Å²) >= 11 is 5.50. The number of benzene rings is 1. The normalized spacial score (nSPS) is 27.2. The molecule has 0 amide bonds. The molecule has 1 aromatic rings. The molecule has 0 saturated carbocycles. The second kappa shape index (κ2) is 4.71. The van der Waals surface area contributed by atoms with Crippen LogP contribution in [0.2, 0.25) is 0 Å². The molecule has 2 aliphatic rings. The highest BCUT2D eigenvalue weighted by Gasteiger charge is 2.24. The highest BCUT2D eigenvalue weighted by Crippen LogP contribution is 2.44. The standard InChI is InChI=1S/C12H14BrNO2S/c1-7-2-3-14-12(17-7)8-4-9(13)11-10(5-8)15-6-16-11/h4-5,7,12,14H,2-3,6H2,1H3. The van der Waals surface area contributed by atoms with Gasteiger partial charge in [0, 0.05) is 5.25 Å². The van der Waals surface area contributed by atoms with Crippen molar-refractivity contribution < 1.29 is 9.47 Å². The van der Waals surface area contributed by atoms with Crippen molar-refractivity contribution in [2.75, 3.05) is 13.3 Å². The Morgan fingerprint density at radius 2 is 2.29 bits per heavy atom. The molecule has 5 heteroatoms. The molecular weight excluding hydrogens is 302 g/mol. The van der Waals surface area contributed by atoms with Crippen molar-refractivity contribution in [2.45, 2.75) is 24.0 Å². The minimum Gasteiger partial charge on any atom is -0.454 e. The van der Waals surface area contributed by atoms with E-state index in [1.54, 1.807) is 0 Å². The molecule has 0 spiro atoms. The summed E-state index contributed by atoms with van der Waals surface area (Å²) < 4.78 is 11.8. The van der Waals surface area contributed by atoms with Gasteiger partial charge in [-0.25, -0.2) is 0 Å². The van der Waals surface area contributed by atoms with Crippen molar-refractivity contribution in [3.05, 3.63) is 22.2 Å². The lowest BCUT2D eigenvalue weighted by atomic mass is 10.2. The van der Waals surface area contributed by atoms with Gasteiger partial charge in [-0.05, 0) is 46.6 Å². The number of hydrogen-bond donors (Lipinski definition) is 1. The lowest BCUT2D eigenvalue weighted by molar-refractivity contribution is 0.173. The van der Waals surface area contributed by atoms with E-state index in [9.17, 15) is 0 Å². The van der Waals surface area contributed by atoms with Crippen molar-refractivity contribution in [1.29, 1.82) is 0 Å². The second-order valence-electron chi connectivity index (χ2n) is 4.31. The van der Waals surface area contributed by atoms with E-state index in [0.29, 0.717) is 17.4 Å². The fraction of sp³-hybridized carbons (Fsp3) is 0.500. The van der Waals surface area contributed by atoms with Gasteiger partial charge in [-0.3, -0.25) is 0 Å². The lowest BCUT2D eigenvalue weighted by Crippen LogP contribution is -2.28. The number of ether oxygens (including phenoxy) is 2. The topological polar surface area (TPSA) is 30.5 Å². The molecule has 1 aromatic carbocycles.